The van der Waals surface area contributed by atoms with Crippen molar-refractivity contribution in [3.05, 3.63) is 35.9 Å². The van der Waals surface area contributed by atoms with E-state index in [-0.39, 0.29) is 24.2 Å². The van der Waals surface area contributed by atoms with Crippen LogP contribution in [0.2, 0.25) is 0 Å². The average molecular weight is 449 g/mol. The minimum Gasteiger partial charge on any atom is -0.444 e. The Morgan fingerprint density at radius 1 is 1.03 bits per heavy atom. The molecule has 1 aromatic carbocycles. The van der Waals surface area contributed by atoms with Crippen LogP contribution >= 0.6 is 0 Å². The molecule has 32 heavy (non-hydrogen) atoms. The maximum absolute atomic E-state index is 13.0. The number of unbranched alkanes of at least 4 members (excludes halogenated alkanes) is 1. The van der Waals surface area contributed by atoms with E-state index < -0.39 is 23.8 Å². The molecular formula is C25H40N2O5. The van der Waals surface area contributed by atoms with E-state index in [1.807, 2.05) is 51.1 Å². The smallest absolute Gasteiger partial charge is 0.408 e. The molecule has 0 bridgehead atoms. The molecule has 1 aromatic rings. The summed E-state index contributed by atoms with van der Waals surface area (Å²) in [7, 11) is 0. The zero-order valence-electron chi connectivity index (χ0n) is 20.4. The first-order valence-corrected chi connectivity index (χ1v) is 11.5. The molecule has 0 heterocycles. The number of ether oxygens (including phenoxy) is 2. The van der Waals surface area contributed by atoms with Crippen LogP contribution in [-0.2, 0) is 25.7 Å². The monoisotopic (exact) mass is 448 g/mol. The highest BCUT2D eigenvalue weighted by Crippen LogP contribution is 2.13. The number of Topliss-reactive ketones (excluding diaryl/α,β-unsaturated/α-hetero) is 1. The molecule has 0 spiro atoms. The Kier molecular flexibility index (Phi) is 12.0. The third-order valence-corrected chi connectivity index (χ3v) is 5.08. The lowest BCUT2D eigenvalue weighted by atomic mass is 9.97. The molecule has 0 saturated carbocycles. The van der Waals surface area contributed by atoms with Crippen LogP contribution in [-0.4, -0.2) is 42.1 Å². The lowest BCUT2D eigenvalue weighted by molar-refractivity contribution is -0.132. The zero-order chi connectivity index (χ0) is 24.1. The van der Waals surface area contributed by atoms with Gasteiger partial charge in [-0.2, -0.15) is 0 Å². The van der Waals surface area contributed by atoms with Crippen molar-refractivity contribution in [1.29, 1.82) is 0 Å². The van der Waals surface area contributed by atoms with Crippen molar-refractivity contribution in [2.75, 3.05) is 6.61 Å². The summed E-state index contributed by atoms with van der Waals surface area (Å²) < 4.78 is 10.9. The lowest BCUT2D eigenvalue weighted by Crippen LogP contribution is -2.55. The highest BCUT2D eigenvalue weighted by molar-refractivity contribution is 5.92. The molecule has 7 nitrogen and oxygen atoms in total. The second kappa shape index (κ2) is 13.9. The van der Waals surface area contributed by atoms with Crippen LogP contribution in [0.1, 0.15) is 72.8 Å². The van der Waals surface area contributed by atoms with Crippen LogP contribution in [0.15, 0.2) is 30.3 Å². The van der Waals surface area contributed by atoms with Gasteiger partial charge >= 0.3 is 6.09 Å². The third kappa shape index (κ3) is 10.8. The molecule has 0 aliphatic carbocycles. The highest BCUT2D eigenvalue weighted by atomic mass is 16.6. The van der Waals surface area contributed by atoms with E-state index in [1.165, 1.54) is 0 Å². The van der Waals surface area contributed by atoms with E-state index >= 15 is 0 Å². The maximum Gasteiger partial charge on any atom is 0.408 e. The zero-order valence-corrected chi connectivity index (χ0v) is 20.4. The molecule has 180 valence electrons. The number of hydrogen-bond donors (Lipinski definition) is 2. The minimum atomic E-state index is -0.794. The quantitative estimate of drug-likeness (QED) is 0.467. The molecule has 0 saturated heterocycles. The van der Waals surface area contributed by atoms with E-state index in [0.29, 0.717) is 19.4 Å². The van der Waals surface area contributed by atoms with Crippen molar-refractivity contribution < 1.29 is 23.9 Å². The van der Waals surface area contributed by atoms with Crippen LogP contribution < -0.4 is 10.6 Å². The van der Waals surface area contributed by atoms with Gasteiger partial charge in [-0.3, -0.25) is 9.59 Å². The molecule has 2 amide bonds. The molecule has 3 unspecified atom stereocenters. The number of alkyl carbamates (subject to hydrolysis) is 1. The van der Waals surface area contributed by atoms with Crippen LogP contribution in [0, 0.1) is 5.92 Å². The molecular weight excluding hydrogens is 408 g/mol. The van der Waals surface area contributed by atoms with E-state index in [4.69, 9.17) is 9.47 Å². The number of rotatable bonds is 13. The number of carbonyl (C=O) groups is 3. The van der Waals surface area contributed by atoms with Gasteiger partial charge in [0.25, 0.3) is 0 Å². The van der Waals surface area contributed by atoms with Crippen LogP contribution in [0.4, 0.5) is 4.79 Å². The van der Waals surface area contributed by atoms with Crippen molar-refractivity contribution >= 4 is 17.8 Å². The van der Waals surface area contributed by atoms with E-state index in [9.17, 15) is 14.4 Å². The molecule has 3 atom stereocenters. The first kappa shape index (κ1) is 27.6. The van der Waals surface area contributed by atoms with Gasteiger partial charge in [0.05, 0.1) is 12.6 Å². The lowest BCUT2D eigenvalue weighted by Gasteiger charge is -2.28. The van der Waals surface area contributed by atoms with Gasteiger partial charge in [0.1, 0.15) is 18.2 Å². The molecule has 0 aliphatic heterocycles. The van der Waals surface area contributed by atoms with Gasteiger partial charge in [0, 0.05) is 0 Å². The van der Waals surface area contributed by atoms with Gasteiger partial charge in [0.15, 0.2) is 5.78 Å². The Hall–Kier alpha value is -2.41. The number of benzene rings is 1. The standard InChI is InChI=1S/C25H40N2O5/c1-7-9-15-20(21(28)17-31-16-19-13-11-10-12-14-19)26-23(29)22(18(3)8-2)27-24(30)32-25(4,5)6/h10-14,18,20,22H,7-9,15-17H2,1-6H3,(H,26,29)(H,27,30). The second-order valence-electron chi connectivity index (χ2n) is 9.16. The number of amides is 2. The topological polar surface area (TPSA) is 93.7 Å². The predicted octanol–water partition coefficient (Wildman–Crippen LogP) is 4.39. The molecule has 0 fully saturated rings. The first-order chi connectivity index (χ1) is 15.1. The van der Waals surface area contributed by atoms with E-state index in [2.05, 4.69) is 10.6 Å². The normalized spacial score (nSPS) is 14.2. The Balaban J connectivity index is 2.77. The molecule has 2 N–H and O–H groups in total. The molecule has 0 radical (unpaired) electrons. The fourth-order valence-corrected chi connectivity index (χ4v) is 3.06. The highest BCUT2D eigenvalue weighted by Gasteiger charge is 2.31. The van der Waals surface area contributed by atoms with Gasteiger partial charge in [-0.25, -0.2) is 4.79 Å². The summed E-state index contributed by atoms with van der Waals surface area (Å²) >= 11 is 0. The van der Waals surface area contributed by atoms with Crippen molar-refractivity contribution in [3.8, 4) is 0 Å². The fourth-order valence-electron chi connectivity index (χ4n) is 3.06. The van der Waals surface area contributed by atoms with Crippen molar-refractivity contribution in [1.82, 2.24) is 10.6 Å². The Morgan fingerprint density at radius 2 is 1.69 bits per heavy atom. The van der Waals surface area contributed by atoms with Crippen molar-refractivity contribution in [3.63, 3.8) is 0 Å². The summed E-state index contributed by atoms with van der Waals surface area (Å²) in [5.74, 6) is -0.690. The number of carbonyl (C=O) groups excluding carboxylic acids is 3. The van der Waals surface area contributed by atoms with Crippen LogP contribution in [0.5, 0.6) is 0 Å². The van der Waals surface area contributed by atoms with Gasteiger partial charge in [0.2, 0.25) is 5.91 Å². The molecule has 1 rings (SSSR count). The minimum absolute atomic E-state index is 0.0863. The van der Waals surface area contributed by atoms with Gasteiger partial charge in [-0.05, 0) is 38.7 Å². The predicted molar refractivity (Wildman–Crippen MR) is 125 cm³/mol. The Bertz CT molecular complexity index is 715. The van der Waals surface area contributed by atoms with Gasteiger partial charge < -0.3 is 20.1 Å². The molecule has 0 aromatic heterocycles. The SMILES string of the molecule is CCCCC(NC(=O)C(NC(=O)OC(C)(C)C)C(C)CC)C(=O)COCc1ccccc1. The first-order valence-electron chi connectivity index (χ1n) is 11.5. The number of ketones is 1. The maximum atomic E-state index is 13.0. The summed E-state index contributed by atoms with van der Waals surface area (Å²) in [4.78, 5) is 38.1. The van der Waals surface area contributed by atoms with Crippen LogP contribution in [0.3, 0.4) is 0 Å². The molecule has 7 heteroatoms. The summed E-state index contributed by atoms with van der Waals surface area (Å²) in [6.45, 7) is 11.4. The fraction of sp³-hybridized carbons (Fsp3) is 0.640. The summed E-state index contributed by atoms with van der Waals surface area (Å²) in [5.41, 5.74) is 0.309. The molecule has 0 aliphatic rings. The Labute approximate surface area is 192 Å². The van der Waals surface area contributed by atoms with E-state index in [1.54, 1.807) is 20.8 Å². The average Bonchev–Trinajstić information content (AvgIpc) is 2.73. The van der Waals surface area contributed by atoms with Crippen LogP contribution in [0.25, 0.3) is 0 Å². The number of nitrogens with one attached hydrogen (secondary N) is 2. The second-order valence-corrected chi connectivity index (χ2v) is 9.16. The Morgan fingerprint density at radius 3 is 2.25 bits per heavy atom. The summed E-state index contributed by atoms with van der Waals surface area (Å²) in [6, 6.07) is 8.15. The van der Waals surface area contributed by atoms with Crippen molar-refractivity contribution in [2.24, 2.45) is 5.92 Å². The van der Waals surface area contributed by atoms with Gasteiger partial charge in [-0.1, -0.05) is 70.4 Å². The summed E-state index contributed by atoms with van der Waals surface area (Å²) in [5, 5.41) is 5.52. The van der Waals surface area contributed by atoms with Crippen molar-refractivity contribution in [2.45, 2.75) is 91.5 Å². The largest absolute Gasteiger partial charge is 0.444 e. The summed E-state index contributed by atoms with van der Waals surface area (Å²) in [6.07, 6.45) is 2.25. The van der Waals surface area contributed by atoms with E-state index in [0.717, 1.165) is 18.4 Å². The third-order valence-electron chi connectivity index (χ3n) is 5.08. The number of hydrogen-bond acceptors (Lipinski definition) is 5. The van der Waals surface area contributed by atoms with Gasteiger partial charge in [-0.15, -0.1) is 0 Å².